The number of anilines is 2. The highest BCUT2D eigenvalue weighted by Gasteiger charge is 2.37. The largest absolute Gasteiger partial charge is 0.444 e. The molecule has 30 heavy (non-hydrogen) atoms. The van der Waals surface area contributed by atoms with Crippen molar-refractivity contribution < 1.29 is 45.8 Å². The van der Waals surface area contributed by atoms with Crippen LogP contribution in [0.1, 0.15) is 20.8 Å². The number of nitrogens with zero attached hydrogens (tertiary/aromatic N) is 1. The van der Waals surface area contributed by atoms with Crippen molar-refractivity contribution >= 4 is 29.5 Å². The molecule has 1 atom stereocenters. The number of amides is 3. The molecular formula is C17H18F5N3O5. The molecule has 166 valence electrons. The Morgan fingerprint density at radius 1 is 1.20 bits per heavy atom. The van der Waals surface area contributed by atoms with E-state index in [4.69, 9.17) is 4.74 Å². The quantitative estimate of drug-likeness (QED) is 0.690. The van der Waals surface area contributed by atoms with Crippen LogP contribution in [0.4, 0.5) is 42.9 Å². The summed E-state index contributed by atoms with van der Waals surface area (Å²) in [4.78, 5) is 37.1. The lowest BCUT2D eigenvalue weighted by molar-refractivity contribution is -0.159. The van der Waals surface area contributed by atoms with Crippen molar-refractivity contribution in [1.29, 1.82) is 0 Å². The molecule has 1 aromatic carbocycles. The Labute approximate surface area is 167 Å². The zero-order valence-electron chi connectivity index (χ0n) is 16.0. The van der Waals surface area contributed by atoms with E-state index in [0.717, 1.165) is 0 Å². The molecule has 0 unspecified atom stereocenters. The number of fused-ring (bicyclic) bond motifs is 1. The van der Waals surface area contributed by atoms with Crippen LogP contribution in [0.2, 0.25) is 0 Å². The van der Waals surface area contributed by atoms with Gasteiger partial charge in [0.05, 0.1) is 17.9 Å². The van der Waals surface area contributed by atoms with Crippen LogP contribution in [0.3, 0.4) is 0 Å². The zero-order valence-corrected chi connectivity index (χ0v) is 16.0. The second-order valence-electron chi connectivity index (χ2n) is 7.25. The van der Waals surface area contributed by atoms with E-state index in [1.807, 2.05) is 0 Å². The number of hydrogen-bond donors (Lipinski definition) is 2. The molecule has 0 aromatic heterocycles. The lowest BCUT2D eigenvalue weighted by Gasteiger charge is -2.26. The van der Waals surface area contributed by atoms with Crippen molar-refractivity contribution in [3.63, 3.8) is 0 Å². The van der Waals surface area contributed by atoms with Crippen LogP contribution < -0.4 is 15.5 Å². The minimum absolute atomic E-state index is 0.406. The number of hydrogen-bond acceptors (Lipinski definition) is 5. The standard InChI is InChI=1S/C17H18F5N3O5/c1-16(2,3)30-14(27)24-11-6-25(15(28)29-7-17(20,21)22)12-5-9(19)8(18)4-10(12)23-13(11)26/h4-5,11H,6-7H2,1-3H3,(H,23,26)(H,24,27)/t11-/m0/s1. The van der Waals surface area contributed by atoms with E-state index in [9.17, 15) is 36.3 Å². The maximum atomic E-state index is 13.7. The molecular weight excluding hydrogens is 421 g/mol. The molecule has 8 nitrogen and oxygen atoms in total. The molecule has 13 heteroatoms. The van der Waals surface area contributed by atoms with Gasteiger partial charge < -0.3 is 20.1 Å². The van der Waals surface area contributed by atoms with Gasteiger partial charge in [0.1, 0.15) is 11.6 Å². The summed E-state index contributed by atoms with van der Waals surface area (Å²) in [5, 5.41) is 4.33. The Balaban J connectivity index is 2.35. The summed E-state index contributed by atoms with van der Waals surface area (Å²) in [6, 6.07) is -0.477. The molecule has 1 aliphatic heterocycles. The summed E-state index contributed by atoms with van der Waals surface area (Å²) in [6.07, 6.45) is -7.50. The van der Waals surface area contributed by atoms with Crippen LogP contribution in [0.25, 0.3) is 0 Å². The van der Waals surface area contributed by atoms with Gasteiger partial charge in [0, 0.05) is 12.1 Å². The highest BCUT2D eigenvalue weighted by Crippen LogP contribution is 2.32. The third kappa shape index (κ3) is 6.19. The fourth-order valence-electron chi connectivity index (χ4n) is 2.40. The van der Waals surface area contributed by atoms with Crippen molar-refractivity contribution in [2.24, 2.45) is 0 Å². The number of ether oxygens (including phenoxy) is 2. The van der Waals surface area contributed by atoms with Gasteiger partial charge in [-0.25, -0.2) is 18.4 Å². The maximum Gasteiger partial charge on any atom is 0.422 e. The molecule has 3 amide bonds. The lowest BCUT2D eigenvalue weighted by Crippen LogP contribution is -2.51. The van der Waals surface area contributed by atoms with Crippen LogP contribution >= 0.6 is 0 Å². The molecule has 0 saturated carbocycles. The summed E-state index contributed by atoms with van der Waals surface area (Å²) in [6.45, 7) is 1.94. The van der Waals surface area contributed by atoms with E-state index in [1.165, 1.54) is 0 Å². The molecule has 1 heterocycles. The second-order valence-corrected chi connectivity index (χ2v) is 7.25. The monoisotopic (exact) mass is 439 g/mol. The average Bonchev–Trinajstić information content (AvgIpc) is 2.68. The van der Waals surface area contributed by atoms with Gasteiger partial charge in [0.15, 0.2) is 18.2 Å². The van der Waals surface area contributed by atoms with Crippen molar-refractivity contribution in [3.05, 3.63) is 23.8 Å². The summed E-state index contributed by atoms with van der Waals surface area (Å²) < 4.78 is 73.7. The first kappa shape index (κ1) is 23.2. The molecule has 2 rings (SSSR count). The minimum Gasteiger partial charge on any atom is -0.444 e. The minimum atomic E-state index is -4.85. The van der Waals surface area contributed by atoms with Gasteiger partial charge in [0.25, 0.3) is 0 Å². The molecule has 0 radical (unpaired) electrons. The number of carbonyl (C=O) groups excluding carboxylic acids is 3. The molecule has 0 bridgehead atoms. The Morgan fingerprint density at radius 2 is 1.80 bits per heavy atom. The van der Waals surface area contributed by atoms with Crippen LogP contribution in [0, 0.1) is 11.6 Å². The zero-order chi connectivity index (χ0) is 22.9. The first-order valence-electron chi connectivity index (χ1n) is 8.47. The van der Waals surface area contributed by atoms with Crippen LogP contribution in [0.5, 0.6) is 0 Å². The fourth-order valence-corrected chi connectivity index (χ4v) is 2.40. The molecule has 2 N–H and O–H groups in total. The summed E-state index contributed by atoms with van der Waals surface area (Å²) >= 11 is 0. The van der Waals surface area contributed by atoms with Gasteiger partial charge in [-0.2, -0.15) is 13.2 Å². The van der Waals surface area contributed by atoms with Gasteiger partial charge in [-0.1, -0.05) is 0 Å². The third-order valence-corrected chi connectivity index (χ3v) is 3.54. The average molecular weight is 439 g/mol. The van der Waals surface area contributed by atoms with Gasteiger partial charge in [0.2, 0.25) is 5.91 Å². The third-order valence-electron chi connectivity index (χ3n) is 3.54. The number of halogens is 5. The molecule has 1 aromatic rings. The van der Waals surface area contributed by atoms with Gasteiger partial charge in [-0.05, 0) is 20.8 Å². The lowest BCUT2D eigenvalue weighted by atomic mass is 10.2. The first-order chi connectivity index (χ1) is 13.7. The Bertz CT molecular complexity index is 853. The smallest absolute Gasteiger partial charge is 0.422 e. The van der Waals surface area contributed by atoms with Crippen molar-refractivity contribution in [3.8, 4) is 0 Å². The van der Waals surface area contributed by atoms with E-state index >= 15 is 0 Å². The van der Waals surface area contributed by atoms with E-state index < -0.39 is 72.1 Å². The Morgan fingerprint density at radius 3 is 2.37 bits per heavy atom. The number of benzene rings is 1. The summed E-state index contributed by atoms with van der Waals surface area (Å²) in [7, 11) is 0. The maximum absolute atomic E-state index is 13.7. The van der Waals surface area contributed by atoms with E-state index in [1.54, 1.807) is 20.8 Å². The van der Waals surface area contributed by atoms with Gasteiger partial charge in [-0.3, -0.25) is 9.69 Å². The summed E-state index contributed by atoms with van der Waals surface area (Å²) in [5.41, 5.74) is -1.80. The highest BCUT2D eigenvalue weighted by molar-refractivity contribution is 6.05. The SMILES string of the molecule is CC(C)(C)OC(=O)N[C@H]1CN(C(=O)OCC(F)(F)F)c2cc(F)c(F)cc2NC1=O. The predicted octanol–water partition coefficient (Wildman–Crippen LogP) is 3.32. The Kier molecular flexibility index (Phi) is 6.42. The molecule has 0 spiro atoms. The van der Waals surface area contributed by atoms with Crippen molar-refractivity contribution in [2.75, 3.05) is 23.4 Å². The molecule has 1 aliphatic rings. The normalized spacial score (nSPS) is 16.9. The first-order valence-corrected chi connectivity index (χ1v) is 8.47. The topological polar surface area (TPSA) is 97.0 Å². The van der Waals surface area contributed by atoms with Crippen LogP contribution in [-0.4, -0.2) is 49.1 Å². The van der Waals surface area contributed by atoms with Gasteiger partial charge in [-0.15, -0.1) is 0 Å². The molecule has 0 fully saturated rings. The highest BCUT2D eigenvalue weighted by atomic mass is 19.4. The fraction of sp³-hybridized carbons (Fsp3) is 0.471. The van der Waals surface area contributed by atoms with E-state index in [0.29, 0.717) is 17.0 Å². The number of nitrogens with one attached hydrogen (secondary N) is 2. The number of alkyl halides is 3. The number of alkyl carbamates (subject to hydrolysis) is 1. The van der Waals surface area contributed by atoms with Crippen molar-refractivity contribution in [1.82, 2.24) is 5.32 Å². The second kappa shape index (κ2) is 8.32. The molecule has 0 saturated heterocycles. The summed E-state index contributed by atoms with van der Waals surface area (Å²) in [5.74, 6) is -3.74. The number of carbonyl (C=O) groups is 3. The van der Waals surface area contributed by atoms with Crippen LogP contribution in [-0.2, 0) is 14.3 Å². The van der Waals surface area contributed by atoms with Gasteiger partial charge >= 0.3 is 18.4 Å². The number of rotatable bonds is 2. The van der Waals surface area contributed by atoms with E-state index in [2.05, 4.69) is 15.4 Å². The van der Waals surface area contributed by atoms with Crippen molar-refractivity contribution in [2.45, 2.75) is 38.6 Å². The predicted molar refractivity (Wildman–Crippen MR) is 92.9 cm³/mol. The van der Waals surface area contributed by atoms with Crippen LogP contribution in [0.15, 0.2) is 12.1 Å². The van der Waals surface area contributed by atoms with E-state index in [-0.39, 0.29) is 0 Å². The Hall–Kier alpha value is -3.12. The molecule has 0 aliphatic carbocycles.